The topological polar surface area (TPSA) is 131 Å². The summed E-state index contributed by atoms with van der Waals surface area (Å²) in [4.78, 5) is 40.3. The number of hydrogen-bond acceptors (Lipinski definition) is 6. The largest absolute Gasteiger partial charge is 0.395 e. The fourth-order valence-corrected chi connectivity index (χ4v) is 5.01. The third-order valence-corrected chi connectivity index (χ3v) is 7.01. The lowest BCUT2D eigenvalue weighted by Crippen LogP contribution is -2.41. The molecule has 0 atom stereocenters. The van der Waals surface area contributed by atoms with Gasteiger partial charge in [0.1, 0.15) is 0 Å². The van der Waals surface area contributed by atoms with Crippen LogP contribution in [-0.2, 0) is 0 Å². The highest BCUT2D eigenvalue weighted by Gasteiger charge is 2.23. The van der Waals surface area contributed by atoms with E-state index in [4.69, 9.17) is 10.2 Å². The van der Waals surface area contributed by atoms with Crippen molar-refractivity contribution < 1.29 is 24.6 Å². The van der Waals surface area contributed by atoms with E-state index in [0.29, 0.717) is 12.5 Å². The molecule has 1 aromatic carbocycles. The van der Waals surface area contributed by atoms with Gasteiger partial charge in [-0.05, 0) is 68.8 Å². The van der Waals surface area contributed by atoms with E-state index >= 15 is 0 Å². The maximum atomic E-state index is 12.9. The molecule has 3 amide bonds. The van der Waals surface area contributed by atoms with Crippen LogP contribution in [0.3, 0.4) is 0 Å². The molecular weight excluding hydrogens is 448 g/mol. The van der Waals surface area contributed by atoms with Gasteiger partial charge in [0.2, 0.25) is 0 Å². The van der Waals surface area contributed by atoms with Crippen molar-refractivity contribution in [3.8, 4) is 0 Å². The number of nitrogens with zero attached hydrogens (tertiary/aromatic N) is 1. The average Bonchev–Trinajstić information content (AvgIpc) is 2.90. The molecule has 2 aliphatic rings. The van der Waals surface area contributed by atoms with E-state index in [1.165, 1.54) is 56.8 Å². The van der Waals surface area contributed by atoms with Crippen molar-refractivity contribution in [3.05, 3.63) is 34.9 Å². The van der Waals surface area contributed by atoms with Crippen LogP contribution >= 0.6 is 0 Å². The van der Waals surface area contributed by atoms with Crippen LogP contribution < -0.4 is 16.0 Å². The molecule has 194 valence electrons. The summed E-state index contributed by atoms with van der Waals surface area (Å²) in [6.45, 7) is 3.60. The molecule has 5 N–H and O–H groups in total. The number of carbonyl (C=O) groups excluding carboxylic acids is 3. The number of aliphatic hydroxyl groups excluding tert-OH is 2. The van der Waals surface area contributed by atoms with E-state index in [2.05, 4.69) is 20.9 Å². The Morgan fingerprint density at radius 1 is 0.714 bits per heavy atom. The van der Waals surface area contributed by atoms with Gasteiger partial charge in [0.05, 0.1) is 13.2 Å². The van der Waals surface area contributed by atoms with Crippen molar-refractivity contribution in [1.82, 2.24) is 20.9 Å². The molecule has 2 fully saturated rings. The lowest BCUT2D eigenvalue weighted by molar-refractivity contribution is 0.0931. The molecule has 35 heavy (non-hydrogen) atoms. The Hall–Kier alpha value is -2.49. The van der Waals surface area contributed by atoms with Crippen molar-refractivity contribution in [2.75, 3.05) is 52.5 Å². The Morgan fingerprint density at radius 2 is 1.20 bits per heavy atom. The molecule has 1 heterocycles. The number of carbonyl (C=O) groups is 3. The van der Waals surface area contributed by atoms with Gasteiger partial charge in [0, 0.05) is 42.9 Å². The van der Waals surface area contributed by atoms with Crippen molar-refractivity contribution in [2.24, 2.45) is 11.8 Å². The first-order chi connectivity index (χ1) is 17.0. The quantitative estimate of drug-likeness (QED) is 0.318. The molecule has 1 saturated carbocycles. The standard InChI is InChI=1S/C26H40N4O5/c31-12-8-27-24(33)21-14-22(25(34)28-9-13-32)16-23(15-21)26(35)29-17-19-6-10-30(11-7-19)18-20-4-2-1-3-5-20/h14-16,19-20,31-32H,1-13,17-18H2,(H,27,33)(H,28,34)(H,29,35). The predicted octanol–water partition coefficient (Wildman–Crippen LogP) is 1.15. The molecule has 0 aromatic heterocycles. The first-order valence-electron chi connectivity index (χ1n) is 12.9. The zero-order chi connectivity index (χ0) is 25.0. The number of rotatable bonds is 11. The smallest absolute Gasteiger partial charge is 0.251 e. The van der Waals surface area contributed by atoms with Crippen LogP contribution in [0.1, 0.15) is 76.0 Å². The first-order valence-corrected chi connectivity index (χ1v) is 12.9. The Kier molecular flexibility index (Phi) is 11.0. The maximum absolute atomic E-state index is 12.9. The highest BCUT2D eigenvalue weighted by atomic mass is 16.3. The van der Waals surface area contributed by atoms with Crippen molar-refractivity contribution in [3.63, 3.8) is 0 Å². The molecule has 1 aliphatic heterocycles. The number of hydrogen-bond donors (Lipinski definition) is 5. The van der Waals surface area contributed by atoms with Gasteiger partial charge in [-0.1, -0.05) is 19.3 Å². The van der Waals surface area contributed by atoms with Crippen LogP contribution in [0, 0.1) is 11.8 Å². The third kappa shape index (κ3) is 8.59. The lowest BCUT2D eigenvalue weighted by Gasteiger charge is -2.35. The highest BCUT2D eigenvalue weighted by molar-refractivity contribution is 6.04. The van der Waals surface area contributed by atoms with Gasteiger partial charge in [0.15, 0.2) is 0 Å². The number of nitrogens with one attached hydrogen (secondary N) is 3. The lowest BCUT2D eigenvalue weighted by atomic mass is 9.88. The third-order valence-electron chi connectivity index (χ3n) is 7.01. The van der Waals surface area contributed by atoms with Gasteiger partial charge >= 0.3 is 0 Å². The molecule has 0 spiro atoms. The summed E-state index contributed by atoms with van der Waals surface area (Å²) in [5, 5.41) is 26.0. The van der Waals surface area contributed by atoms with Gasteiger partial charge < -0.3 is 31.1 Å². The highest BCUT2D eigenvalue weighted by Crippen LogP contribution is 2.26. The van der Waals surface area contributed by atoms with Crippen molar-refractivity contribution in [1.29, 1.82) is 0 Å². The van der Waals surface area contributed by atoms with Crippen LogP contribution in [-0.4, -0.2) is 85.3 Å². The average molecular weight is 489 g/mol. The summed E-state index contributed by atoms with van der Waals surface area (Å²) in [6.07, 6.45) is 8.91. The van der Waals surface area contributed by atoms with E-state index < -0.39 is 11.8 Å². The molecule has 1 aromatic rings. The van der Waals surface area contributed by atoms with Gasteiger partial charge in [-0.2, -0.15) is 0 Å². The minimum atomic E-state index is -0.477. The molecule has 9 nitrogen and oxygen atoms in total. The summed E-state index contributed by atoms with van der Waals surface area (Å²) >= 11 is 0. The molecule has 9 heteroatoms. The van der Waals surface area contributed by atoms with E-state index in [9.17, 15) is 14.4 Å². The second-order valence-corrected chi connectivity index (χ2v) is 9.72. The number of piperidine rings is 1. The molecule has 1 aliphatic carbocycles. The van der Waals surface area contributed by atoms with Crippen LogP contribution in [0.5, 0.6) is 0 Å². The summed E-state index contributed by atoms with van der Waals surface area (Å²) in [5.74, 6) is -0.0383. The van der Waals surface area contributed by atoms with E-state index in [1.54, 1.807) is 0 Å². The Balaban J connectivity index is 1.56. The molecule has 1 saturated heterocycles. The zero-order valence-corrected chi connectivity index (χ0v) is 20.6. The maximum Gasteiger partial charge on any atom is 0.251 e. The molecule has 0 unspecified atom stereocenters. The monoisotopic (exact) mass is 488 g/mol. The Labute approximate surface area is 207 Å². The SMILES string of the molecule is O=C(NCCO)c1cc(C(=O)NCCO)cc(C(=O)NCC2CCN(CC3CCCCC3)CC2)c1. The summed E-state index contributed by atoms with van der Waals surface area (Å²) in [6, 6.07) is 4.31. The van der Waals surface area contributed by atoms with Crippen LogP contribution in [0.2, 0.25) is 0 Å². The summed E-state index contributed by atoms with van der Waals surface area (Å²) in [7, 11) is 0. The molecule has 3 rings (SSSR count). The van der Waals surface area contributed by atoms with Gasteiger partial charge in [-0.3, -0.25) is 14.4 Å². The van der Waals surface area contributed by atoms with Gasteiger partial charge in [-0.15, -0.1) is 0 Å². The van der Waals surface area contributed by atoms with E-state index in [0.717, 1.165) is 31.8 Å². The number of likely N-dealkylation sites (tertiary alicyclic amines) is 1. The molecule has 0 bridgehead atoms. The number of aliphatic hydroxyl groups is 2. The normalized spacial score (nSPS) is 17.7. The fraction of sp³-hybridized carbons (Fsp3) is 0.654. The zero-order valence-electron chi connectivity index (χ0n) is 20.6. The van der Waals surface area contributed by atoms with Crippen LogP contribution in [0.4, 0.5) is 0 Å². The van der Waals surface area contributed by atoms with Crippen molar-refractivity contribution >= 4 is 17.7 Å². The second-order valence-electron chi connectivity index (χ2n) is 9.72. The Morgan fingerprint density at radius 3 is 1.69 bits per heavy atom. The second kappa shape index (κ2) is 14.2. The van der Waals surface area contributed by atoms with Crippen molar-refractivity contribution in [2.45, 2.75) is 44.9 Å². The minimum Gasteiger partial charge on any atom is -0.395 e. The fourth-order valence-electron chi connectivity index (χ4n) is 5.01. The Bertz CT molecular complexity index is 810. The van der Waals surface area contributed by atoms with Crippen LogP contribution in [0.15, 0.2) is 18.2 Å². The van der Waals surface area contributed by atoms with Gasteiger partial charge in [0.25, 0.3) is 17.7 Å². The first kappa shape index (κ1) is 27.1. The van der Waals surface area contributed by atoms with Gasteiger partial charge in [-0.25, -0.2) is 0 Å². The van der Waals surface area contributed by atoms with Crippen LogP contribution in [0.25, 0.3) is 0 Å². The molecular formula is C26H40N4O5. The van der Waals surface area contributed by atoms with E-state index in [-0.39, 0.29) is 48.9 Å². The predicted molar refractivity (Wildman–Crippen MR) is 133 cm³/mol. The number of benzene rings is 1. The van der Waals surface area contributed by atoms with E-state index in [1.807, 2.05) is 0 Å². The molecule has 0 radical (unpaired) electrons. The summed E-state index contributed by atoms with van der Waals surface area (Å²) < 4.78 is 0. The number of amides is 3. The minimum absolute atomic E-state index is 0.0702. The summed E-state index contributed by atoms with van der Waals surface area (Å²) in [5.41, 5.74) is 0.554.